The zero-order valence-corrected chi connectivity index (χ0v) is 16.3. The molecule has 148 valence electrons. The first-order valence-electron chi connectivity index (χ1n) is 9.64. The van der Waals surface area contributed by atoms with Crippen molar-refractivity contribution >= 4 is 17.8 Å². The Labute approximate surface area is 169 Å². The van der Waals surface area contributed by atoms with E-state index >= 15 is 0 Å². The summed E-state index contributed by atoms with van der Waals surface area (Å²) in [5, 5.41) is 3.21. The molecule has 3 aromatic rings. The van der Waals surface area contributed by atoms with Crippen LogP contribution in [-0.2, 0) is 6.54 Å². The van der Waals surface area contributed by atoms with Crippen molar-refractivity contribution in [3.8, 4) is 0 Å². The SMILES string of the molecule is Cc1cc(C(=O)N2CCN(c3ncccn3)CC2)nc(NCc2ccccc2)n1. The van der Waals surface area contributed by atoms with Crippen LogP contribution in [0.25, 0.3) is 0 Å². The second-order valence-corrected chi connectivity index (χ2v) is 6.89. The molecule has 0 radical (unpaired) electrons. The van der Waals surface area contributed by atoms with Gasteiger partial charge in [-0.25, -0.2) is 19.9 Å². The number of anilines is 2. The molecule has 29 heavy (non-hydrogen) atoms. The normalized spacial score (nSPS) is 14.0. The molecule has 0 aliphatic carbocycles. The van der Waals surface area contributed by atoms with Crippen LogP contribution in [0.15, 0.2) is 54.9 Å². The van der Waals surface area contributed by atoms with Gasteiger partial charge in [-0.3, -0.25) is 4.79 Å². The Balaban J connectivity index is 1.40. The molecule has 8 heteroatoms. The van der Waals surface area contributed by atoms with E-state index in [1.54, 1.807) is 24.5 Å². The van der Waals surface area contributed by atoms with Gasteiger partial charge in [0.25, 0.3) is 5.91 Å². The minimum atomic E-state index is -0.0770. The molecule has 1 N–H and O–H groups in total. The first-order chi connectivity index (χ1) is 14.2. The monoisotopic (exact) mass is 389 g/mol. The quantitative estimate of drug-likeness (QED) is 0.715. The number of carbonyl (C=O) groups is 1. The molecule has 0 spiro atoms. The molecule has 0 atom stereocenters. The number of nitrogens with zero attached hydrogens (tertiary/aromatic N) is 6. The Morgan fingerprint density at radius 3 is 2.45 bits per heavy atom. The highest BCUT2D eigenvalue weighted by Gasteiger charge is 2.24. The number of nitrogens with one attached hydrogen (secondary N) is 1. The van der Waals surface area contributed by atoms with Gasteiger partial charge >= 0.3 is 0 Å². The van der Waals surface area contributed by atoms with Gasteiger partial charge in [0.1, 0.15) is 5.69 Å². The van der Waals surface area contributed by atoms with Crippen LogP contribution < -0.4 is 10.2 Å². The van der Waals surface area contributed by atoms with Gasteiger partial charge in [0, 0.05) is 50.8 Å². The Morgan fingerprint density at radius 1 is 1.00 bits per heavy atom. The number of carbonyl (C=O) groups excluding carboxylic acids is 1. The first kappa shape index (κ1) is 18.8. The Morgan fingerprint density at radius 2 is 1.72 bits per heavy atom. The van der Waals surface area contributed by atoms with Crippen molar-refractivity contribution < 1.29 is 4.79 Å². The van der Waals surface area contributed by atoms with Crippen molar-refractivity contribution in [1.82, 2.24) is 24.8 Å². The number of aryl methyl sites for hydroxylation is 1. The van der Waals surface area contributed by atoms with E-state index in [9.17, 15) is 4.79 Å². The lowest BCUT2D eigenvalue weighted by molar-refractivity contribution is 0.0740. The average Bonchev–Trinajstić information content (AvgIpc) is 2.78. The molecule has 0 saturated carbocycles. The van der Waals surface area contributed by atoms with Gasteiger partial charge in [0.2, 0.25) is 11.9 Å². The van der Waals surface area contributed by atoms with Crippen molar-refractivity contribution in [2.24, 2.45) is 0 Å². The van der Waals surface area contributed by atoms with E-state index in [0.29, 0.717) is 50.3 Å². The third-order valence-corrected chi connectivity index (χ3v) is 4.77. The van der Waals surface area contributed by atoms with Crippen LogP contribution in [0.5, 0.6) is 0 Å². The van der Waals surface area contributed by atoms with E-state index in [-0.39, 0.29) is 5.91 Å². The van der Waals surface area contributed by atoms with Gasteiger partial charge in [-0.1, -0.05) is 30.3 Å². The van der Waals surface area contributed by atoms with Gasteiger partial charge in [-0.05, 0) is 24.6 Å². The lowest BCUT2D eigenvalue weighted by Gasteiger charge is -2.34. The highest BCUT2D eigenvalue weighted by atomic mass is 16.2. The fourth-order valence-electron chi connectivity index (χ4n) is 3.26. The largest absolute Gasteiger partial charge is 0.350 e. The summed E-state index contributed by atoms with van der Waals surface area (Å²) in [6, 6.07) is 13.6. The minimum Gasteiger partial charge on any atom is -0.350 e. The third-order valence-electron chi connectivity index (χ3n) is 4.77. The first-order valence-corrected chi connectivity index (χ1v) is 9.64. The zero-order chi connectivity index (χ0) is 20.1. The van der Waals surface area contributed by atoms with Crippen LogP contribution in [0.2, 0.25) is 0 Å². The molecule has 4 rings (SSSR count). The number of hydrogen-bond acceptors (Lipinski definition) is 7. The van der Waals surface area contributed by atoms with E-state index in [2.05, 4.69) is 30.2 Å². The topological polar surface area (TPSA) is 87.1 Å². The number of rotatable bonds is 5. The Hall–Kier alpha value is -3.55. The molecule has 1 aromatic carbocycles. The lowest BCUT2D eigenvalue weighted by Crippen LogP contribution is -2.49. The summed E-state index contributed by atoms with van der Waals surface area (Å²) in [6.45, 7) is 5.07. The summed E-state index contributed by atoms with van der Waals surface area (Å²) in [6.07, 6.45) is 3.46. The van der Waals surface area contributed by atoms with Crippen molar-refractivity contribution in [1.29, 1.82) is 0 Å². The van der Waals surface area contributed by atoms with E-state index in [1.165, 1.54) is 0 Å². The van der Waals surface area contributed by atoms with Gasteiger partial charge in [0.15, 0.2) is 0 Å². The molecule has 1 aliphatic heterocycles. The second-order valence-electron chi connectivity index (χ2n) is 6.89. The predicted octanol–water partition coefficient (Wildman–Crippen LogP) is 2.15. The Kier molecular flexibility index (Phi) is 5.60. The highest BCUT2D eigenvalue weighted by Crippen LogP contribution is 2.14. The number of piperazine rings is 1. The average molecular weight is 389 g/mol. The highest BCUT2D eigenvalue weighted by molar-refractivity contribution is 5.92. The van der Waals surface area contributed by atoms with Crippen molar-refractivity contribution in [2.75, 3.05) is 36.4 Å². The molecule has 8 nitrogen and oxygen atoms in total. The summed E-state index contributed by atoms with van der Waals surface area (Å²) in [7, 11) is 0. The fourth-order valence-corrected chi connectivity index (χ4v) is 3.26. The molecule has 2 aromatic heterocycles. The van der Waals surface area contributed by atoms with Crippen LogP contribution in [0, 0.1) is 6.92 Å². The molecule has 3 heterocycles. The molecule has 1 aliphatic rings. The van der Waals surface area contributed by atoms with Crippen LogP contribution in [0.1, 0.15) is 21.7 Å². The number of aromatic nitrogens is 4. The summed E-state index contributed by atoms with van der Waals surface area (Å²) in [4.78, 5) is 34.3. The van der Waals surface area contributed by atoms with Gasteiger partial charge in [0.05, 0.1) is 0 Å². The predicted molar refractivity (Wildman–Crippen MR) is 111 cm³/mol. The number of hydrogen-bond donors (Lipinski definition) is 1. The van der Waals surface area contributed by atoms with E-state index in [1.807, 2.05) is 42.2 Å². The summed E-state index contributed by atoms with van der Waals surface area (Å²) < 4.78 is 0. The van der Waals surface area contributed by atoms with Gasteiger partial charge in [-0.2, -0.15) is 0 Å². The molecule has 0 bridgehead atoms. The van der Waals surface area contributed by atoms with Crippen molar-refractivity contribution in [3.63, 3.8) is 0 Å². The summed E-state index contributed by atoms with van der Waals surface area (Å²) >= 11 is 0. The molecular weight excluding hydrogens is 366 g/mol. The number of benzene rings is 1. The van der Waals surface area contributed by atoms with Crippen LogP contribution >= 0.6 is 0 Å². The maximum atomic E-state index is 13.0. The minimum absolute atomic E-state index is 0.0770. The second kappa shape index (κ2) is 8.64. The molecular formula is C21H23N7O. The van der Waals surface area contributed by atoms with Crippen molar-refractivity contribution in [2.45, 2.75) is 13.5 Å². The maximum Gasteiger partial charge on any atom is 0.272 e. The van der Waals surface area contributed by atoms with Crippen LogP contribution in [-0.4, -0.2) is 56.9 Å². The summed E-state index contributed by atoms with van der Waals surface area (Å²) in [5.41, 5.74) is 2.30. The molecule has 1 amide bonds. The fraction of sp³-hybridized carbons (Fsp3) is 0.286. The molecule has 1 saturated heterocycles. The zero-order valence-electron chi connectivity index (χ0n) is 16.3. The molecule has 1 fully saturated rings. The standard InChI is InChI=1S/C21H23N7O/c1-16-14-18(26-20(25-16)24-15-17-6-3-2-4-7-17)19(29)27-10-12-28(13-11-27)21-22-8-5-9-23-21/h2-9,14H,10-13,15H2,1H3,(H,24,25,26). The van der Waals surface area contributed by atoms with Crippen molar-refractivity contribution in [3.05, 3.63) is 71.8 Å². The maximum absolute atomic E-state index is 13.0. The number of amides is 1. The molecule has 0 unspecified atom stereocenters. The lowest BCUT2D eigenvalue weighted by atomic mass is 10.2. The van der Waals surface area contributed by atoms with E-state index < -0.39 is 0 Å². The van der Waals surface area contributed by atoms with Gasteiger partial charge < -0.3 is 15.1 Å². The van der Waals surface area contributed by atoms with Crippen LogP contribution in [0.3, 0.4) is 0 Å². The summed E-state index contributed by atoms with van der Waals surface area (Å²) in [5.74, 6) is 1.09. The smallest absolute Gasteiger partial charge is 0.272 e. The van der Waals surface area contributed by atoms with E-state index in [4.69, 9.17) is 0 Å². The Bertz CT molecular complexity index is 957. The van der Waals surface area contributed by atoms with Crippen LogP contribution in [0.4, 0.5) is 11.9 Å². The third kappa shape index (κ3) is 4.66. The van der Waals surface area contributed by atoms with E-state index in [0.717, 1.165) is 11.3 Å². The van der Waals surface area contributed by atoms with Gasteiger partial charge in [-0.15, -0.1) is 0 Å².